The number of aryl methyl sites for hydroxylation is 3. The third-order valence-corrected chi connectivity index (χ3v) is 8.10. The number of aromatic nitrogens is 1. The molecule has 4 aromatic rings. The van der Waals surface area contributed by atoms with Gasteiger partial charge in [-0.1, -0.05) is 24.3 Å². The second-order valence-corrected chi connectivity index (χ2v) is 10.6. The summed E-state index contributed by atoms with van der Waals surface area (Å²) < 4.78 is 17.9. The van der Waals surface area contributed by atoms with E-state index in [0.29, 0.717) is 56.9 Å². The maximum atomic E-state index is 14.0. The number of ketones is 1. The van der Waals surface area contributed by atoms with Crippen molar-refractivity contribution in [2.24, 2.45) is 0 Å². The van der Waals surface area contributed by atoms with Gasteiger partial charge in [0.2, 0.25) is 5.76 Å². The van der Waals surface area contributed by atoms with Crippen LogP contribution >= 0.6 is 11.3 Å². The van der Waals surface area contributed by atoms with E-state index in [1.165, 1.54) is 11.8 Å². The number of thiazole rings is 1. The monoisotopic (exact) mass is 546 g/mol. The van der Waals surface area contributed by atoms with Crippen LogP contribution in [0.5, 0.6) is 11.5 Å². The molecule has 202 valence electrons. The average Bonchev–Trinajstić information content (AvgIpc) is 3.42. The number of Topliss-reactive ketones (excluding diaryl/α,β-unsaturated/α-hetero) is 1. The Hall–Kier alpha value is -3.98. The van der Waals surface area contributed by atoms with Gasteiger partial charge in [0.15, 0.2) is 27.8 Å². The Balaban J connectivity index is 1.77. The third-order valence-electron chi connectivity index (χ3n) is 6.84. The normalized spacial score (nSPS) is 14.7. The molecule has 3 heterocycles. The van der Waals surface area contributed by atoms with Gasteiger partial charge in [0.25, 0.3) is 5.91 Å². The van der Waals surface area contributed by atoms with Crippen LogP contribution in [0.4, 0.5) is 5.13 Å². The maximum absolute atomic E-state index is 14.0. The molecular formula is C30H30N2O6S. The quantitative estimate of drug-likeness (QED) is 0.239. The van der Waals surface area contributed by atoms with Crippen LogP contribution in [0.2, 0.25) is 0 Å². The Bertz CT molecular complexity index is 1690. The van der Waals surface area contributed by atoms with E-state index in [-0.39, 0.29) is 22.5 Å². The Morgan fingerprint density at radius 3 is 2.46 bits per heavy atom. The molecule has 1 aliphatic heterocycles. The fourth-order valence-electron chi connectivity index (χ4n) is 4.85. The van der Waals surface area contributed by atoms with Crippen molar-refractivity contribution in [1.29, 1.82) is 0 Å². The first kappa shape index (κ1) is 26.6. The molecule has 8 nitrogen and oxygen atoms in total. The Morgan fingerprint density at radius 2 is 1.79 bits per heavy atom. The van der Waals surface area contributed by atoms with E-state index in [2.05, 4.69) is 4.98 Å². The molecule has 0 saturated carbocycles. The third kappa shape index (κ3) is 4.50. The van der Waals surface area contributed by atoms with Gasteiger partial charge in [-0.2, -0.15) is 0 Å². The molecule has 0 spiro atoms. The standard InChI is InChI=1S/C30H30N2O6S/c1-7-11-37-21-10-9-19(14-23(21)36-8-2)25-24-26(34)20-12-15(3)16(4)13-22(20)38-27(24)29(35)32(25)30-31-17(5)28(39-30)18(6)33/h9-10,12-14,25H,7-8,11H2,1-6H3. The van der Waals surface area contributed by atoms with Gasteiger partial charge in [-0.3, -0.25) is 19.3 Å². The summed E-state index contributed by atoms with van der Waals surface area (Å²) in [7, 11) is 0. The number of fused-ring (bicyclic) bond motifs is 2. The van der Waals surface area contributed by atoms with Gasteiger partial charge in [0.1, 0.15) is 5.58 Å². The number of carbonyl (C=O) groups is 2. The fourth-order valence-corrected chi connectivity index (χ4v) is 5.84. The van der Waals surface area contributed by atoms with Crippen LogP contribution in [0.3, 0.4) is 0 Å². The number of carbonyl (C=O) groups excluding carboxylic acids is 2. The van der Waals surface area contributed by atoms with Crippen LogP contribution in [0, 0.1) is 20.8 Å². The summed E-state index contributed by atoms with van der Waals surface area (Å²) >= 11 is 1.13. The van der Waals surface area contributed by atoms with E-state index in [0.717, 1.165) is 28.9 Å². The molecule has 0 saturated heterocycles. The second kappa shape index (κ2) is 10.3. The van der Waals surface area contributed by atoms with Gasteiger partial charge in [0.05, 0.1) is 40.8 Å². The number of hydrogen-bond donors (Lipinski definition) is 0. The predicted octanol–water partition coefficient (Wildman–Crippen LogP) is 6.31. The molecule has 9 heteroatoms. The number of ether oxygens (including phenoxy) is 2. The number of hydrogen-bond acceptors (Lipinski definition) is 8. The smallest absolute Gasteiger partial charge is 0.297 e. The van der Waals surface area contributed by atoms with Crippen LogP contribution in [0.25, 0.3) is 11.0 Å². The Kier molecular flexibility index (Phi) is 7.03. The first-order valence-corrected chi connectivity index (χ1v) is 13.8. The molecule has 1 unspecified atom stereocenters. The minimum absolute atomic E-state index is 0.0257. The van der Waals surface area contributed by atoms with Gasteiger partial charge in [0, 0.05) is 6.92 Å². The zero-order valence-electron chi connectivity index (χ0n) is 22.8. The minimum Gasteiger partial charge on any atom is -0.490 e. The van der Waals surface area contributed by atoms with Crippen molar-refractivity contribution in [3.05, 3.63) is 79.1 Å². The van der Waals surface area contributed by atoms with Crippen molar-refractivity contribution < 1.29 is 23.5 Å². The molecule has 0 radical (unpaired) electrons. The summed E-state index contributed by atoms with van der Waals surface area (Å²) in [5.74, 6) is 0.446. The number of anilines is 1. The summed E-state index contributed by atoms with van der Waals surface area (Å²) in [4.78, 5) is 46.7. The van der Waals surface area contributed by atoms with Crippen LogP contribution in [-0.4, -0.2) is 29.9 Å². The highest BCUT2D eigenvalue weighted by Gasteiger charge is 2.45. The SMILES string of the molecule is CCCOc1ccc(C2c3c(oc4cc(C)c(C)cc4c3=O)C(=O)N2c2nc(C)c(C(C)=O)s2)cc1OCC. The van der Waals surface area contributed by atoms with E-state index >= 15 is 0 Å². The highest BCUT2D eigenvalue weighted by atomic mass is 32.1. The largest absolute Gasteiger partial charge is 0.490 e. The number of nitrogens with zero attached hydrogens (tertiary/aromatic N) is 2. The van der Waals surface area contributed by atoms with Gasteiger partial charge >= 0.3 is 0 Å². The Labute approximate surface area is 230 Å². The molecule has 0 aliphatic carbocycles. The topological polar surface area (TPSA) is 98.9 Å². The second-order valence-electron chi connectivity index (χ2n) is 9.64. The van der Waals surface area contributed by atoms with Crippen LogP contribution in [0.15, 0.2) is 39.5 Å². The Morgan fingerprint density at radius 1 is 1.05 bits per heavy atom. The molecule has 39 heavy (non-hydrogen) atoms. The van der Waals surface area contributed by atoms with E-state index < -0.39 is 11.9 Å². The van der Waals surface area contributed by atoms with Gasteiger partial charge in [-0.25, -0.2) is 4.98 Å². The van der Waals surface area contributed by atoms with Gasteiger partial charge < -0.3 is 13.9 Å². The molecule has 5 rings (SSSR count). The summed E-state index contributed by atoms with van der Waals surface area (Å²) in [6.45, 7) is 11.9. The van der Waals surface area contributed by atoms with E-state index in [1.54, 1.807) is 31.2 Å². The first-order chi connectivity index (χ1) is 18.7. The molecule has 2 aromatic carbocycles. The van der Waals surface area contributed by atoms with Gasteiger partial charge in [-0.15, -0.1) is 0 Å². The summed E-state index contributed by atoms with van der Waals surface area (Å²) in [6.07, 6.45) is 0.834. The van der Waals surface area contributed by atoms with E-state index in [1.807, 2.05) is 33.8 Å². The summed E-state index contributed by atoms with van der Waals surface area (Å²) in [5.41, 5.74) is 3.38. The fraction of sp³-hybridized carbons (Fsp3) is 0.333. The zero-order chi connectivity index (χ0) is 28.0. The molecule has 1 amide bonds. The van der Waals surface area contributed by atoms with Crippen molar-refractivity contribution in [1.82, 2.24) is 4.98 Å². The van der Waals surface area contributed by atoms with Crippen LogP contribution in [0.1, 0.15) is 81.4 Å². The average molecular weight is 547 g/mol. The van der Waals surface area contributed by atoms with Crippen molar-refractivity contribution in [2.75, 3.05) is 18.1 Å². The maximum Gasteiger partial charge on any atom is 0.297 e. The number of benzene rings is 2. The highest BCUT2D eigenvalue weighted by molar-refractivity contribution is 7.17. The van der Waals surface area contributed by atoms with E-state index in [4.69, 9.17) is 13.9 Å². The molecule has 2 aromatic heterocycles. The summed E-state index contributed by atoms with van der Waals surface area (Å²) in [5, 5.41) is 0.725. The molecule has 0 bridgehead atoms. The highest BCUT2D eigenvalue weighted by Crippen LogP contribution is 2.45. The molecular weight excluding hydrogens is 516 g/mol. The van der Waals surface area contributed by atoms with Crippen molar-refractivity contribution in [2.45, 2.75) is 54.0 Å². The number of rotatable bonds is 8. The number of amides is 1. The molecule has 0 N–H and O–H groups in total. The van der Waals surface area contributed by atoms with Crippen molar-refractivity contribution >= 4 is 39.1 Å². The van der Waals surface area contributed by atoms with Gasteiger partial charge in [-0.05, 0) is 75.1 Å². The van der Waals surface area contributed by atoms with Crippen molar-refractivity contribution in [3.63, 3.8) is 0 Å². The first-order valence-electron chi connectivity index (χ1n) is 13.0. The lowest BCUT2D eigenvalue weighted by molar-refractivity contribution is 0.0969. The minimum atomic E-state index is -0.834. The zero-order valence-corrected chi connectivity index (χ0v) is 23.7. The lowest BCUT2D eigenvalue weighted by Crippen LogP contribution is -2.29. The lowest BCUT2D eigenvalue weighted by atomic mass is 9.97. The molecule has 1 atom stereocenters. The van der Waals surface area contributed by atoms with Crippen molar-refractivity contribution in [3.8, 4) is 11.5 Å². The molecule has 0 fully saturated rings. The van der Waals surface area contributed by atoms with E-state index in [9.17, 15) is 14.4 Å². The van der Waals surface area contributed by atoms with Crippen LogP contribution < -0.4 is 19.8 Å². The summed E-state index contributed by atoms with van der Waals surface area (Å²) in [6, 6.07) is 8.16. The van der Waals surface area contributed by atoms with Crippen LogP contribution in [-0.2, 0) is 0 Å². The molecule has 1 aliphatic rings. The predicted molar refractivity (Wildman–Crippen MR) is 151 cm³/mol. The lowest BCUT2D eigenvalue weighted by Gasteiger charge is -2.23.